The van der Waals surface area contributed by atoms with Gasteiger partial charge in [0.15, 0.2) is 0 Å². The molecular formula is C16H10N4O3. The van der Waals surface area contributed by atoms with E-state index in [1.54, 1.807) is 42.7 Å². The van der Waals surface area contributed by atoms with Crippen LogP contribution in [-0.2, 0) is 4.79 Å². The smallest absolute Gasteiger partial charge is 0.353 e. The van der Waals surface area contributed by atoms with Gasteiger partial charge in [-0.25, -0.2) is 14.8 Å². The average molecular weight is 306 g/mol. The van der Waals surface area contributed by atoms with Gasteiger partial charge < -0.3 is 15.4 Å². The molecule has 7 heteroatoms. The third-order valence-electron chi connectivity index (χ3n) is 3.69. The number of aromatic amines is 1. The Balaban J connectivity index is 1.98. The van der Waals surface area contributed by atoms with Crippen molar-refractivity contribution < 1.29 is 14.7 Å². The van der Waals surface area contributed by atoms with E-state index < -0.39 is 5.97 Å². The van der Waals surface area contributed by atoms with Crippen LogP contribution >= 0.6 is 0 Å². The van der Waals surface area contributed by atoms with E-state index in [1.165, 1.54) is 0 Å². The van der Waals surface area contributed by atoms with Crippen LogP contribution in [0.15, 0.2) is 36.7 Å². The summed E-state index contributed by atoms with van der Waals surface area (Å²) in [6.45, 7) is 0. The Morgan fingerprint density at radius 1 is 1.17 bits per heavy atom. The molecule has 112 valence electrons. The number of pyridine rings is 2. The zero-order valence-electron chi connectivity index (χ0n) is 11.7. The molecule has 23 heavy (non-hydrogen) atoms. The predicted molar refractivity (Wildman–Crippen MR) is 83.8 cm³/mol. The highest BCUT2D eigenvalue weighted by Crippen LogP contribution is 2.33. The van der Waals surface area contributed by atoms with Crippen LogP contribution in [0.2, 0.25) is 0 Å². The summed E-state index contributed by atoms with van der Waals surface area (Å²) in [6, 6.07) is 6.96. The lowest BCUT2D eigenvalue weighted by Gasteiger charge is -1.98. The van der Waals surface area contributed by atoms with Crippen LogP contribution < -0.4 is 5.32 Å². The molecule has 0 saturated heterocycles. The molecular weight excluding hydrogens is 296 g/mol. The van der Waals surface area contributed by atoms with Crippen molar-refractivity contribution in [3.63, 3.8) is 0 Å². The molecule has 0 aliphatic carbocycles. The number of aromatic carboxylic acids is 1. The van der Waals surface area contributed by atoms with Crippen LogP contribution in [0.5, 0.6) is 0 Å². The van der Waals surface area contributed by atoms with Crippen molar-refractivity contribution in [3.8, 4) is 0 Å². The Kier molecular flexibility index (Phi) is 2.74. The molecule has 3 aromatic heterocycles. The van der Waals surface area contributed by atoms with E-state index in [0.717, 1.165) is 0 Å². The molecule has 4 heterocycles. The molecule has 0 spiro atoms. The Morgan fingerprint density at radius 3 is 2.78 bits per heavy atom. The van der Waals surface area contributed by atoms with Crippen LogP contribution in [0.4, 0.5) is 5.82 Å². The number of aromatic nitrogens is 3. The first-order chi connectivity index (χ1) is 11.1. The average Bonchev–Trinajstić information content (AvgIpc) is 3.07. The molecule has 3 N–H and O–H groups in total. The van der Waals surface area contributed by atoms with E-state index in [1.807, 2.05) is 0 Å². The molecule has 1 aliphatic heterocycles. The molecule has 1 aliphatic rings. The first-order valence-corrected chi connectivity index (χ1v) is 6.83. The molecule has 0 aromatic carbocycles. The zero-order valence-corrected chi connectivity index (χ0v) is 11.7. The van der Waals surface area contributed by atoms with Gasteiger partial charge in [-0.2, -0.15) is 0 Å². The van der Waals surface area contributed by atoms with Crippen LogP contribution in [0, 0.1) is 0 Å². The van der Waals surface area contributed by atoms with Crippen molar-refractivity contribution >= 4 is 40.4 Å². The number of amides is 1. The summed E-state index contributed by atoms with van der Waals surface area (Å²) in [7, 11) is 0. The molecule has 7 nitrogen and oxygen atoms in total. The minimum Gasteiger partial charge on any atom is -0.477 e. The van der Waals surface area contributed by atoms with Gasteiger partial charge >= 0.3 is 5.97 Å². The molecule has 0 saturated carbocycles. The summed E-state index contributed by atoms with van der Waals surface area (Å²) in [5.74, 6) is -0.952. The molecule has 0 radical (unpaired) electrons. The maximum absolute atomic E-state index is 12.2. The molecule has 0 bridgehead atoms. The summed E-state index contributed by atoms with van der Waals surface area (Å²) < 4.78 is 0. The lowest BCUT2D eigenvalue weighted by atomic mass is 10.0. The maximum atomic E-state index is 12.2. The highest BCUT2D eigenvalue weighted by Gasteiger charge is 2.26. The molecule has 3 aromatic rings. The van der Waals surface area contributed by atoms with Crippen LogP contribution in [0.25, 0.3) is 22.7 Å². The van der Waals surface area contributed by atoms with Gasteiger partial charge in [0.2, 0.25) is 0 Å². The number of fused-ring (bicyclic) bond motifs is 2. The minimum absolute atomic E-state index is 0.00339. The maximum Gasteiger partial charge on any atom is 0.353 e. The topological polar surface area (TPSA) is 108 Å². The molecule has 0 fully saturated rings. The number of nitrogens with zero attached hydrogens (tertiary/aromatic N) is 2. The van der Waals surface area contributed by atoms with Crippen molar-refractivity contribution in [1.82, 2.24) is 15.0 Å². The lowest BCUT2D eigenvalue weighted by Crippen LogP contribution is -2.05. The van der Waals surface area contributed by atoms with E-state index in [2.05, 4.69) is 20.3 Å². The first kappa shape index (κ1) is 13.2. The first-order valence-electron chi connectivity index (χ1n) is 6.83. The Hall–Kier alpha value is -3.48. The molecule has 1 amide bonds. The van der Waals surface area contributed by atoms with E-state index in [9.17, 15) is 14.7 Å². The zero-order chi connectivity index (χ0) is 16.0. The summed E-state index contributed by atoms with van der Waals surface area (Å²) in [5.41, 5.74) is 1.90. The van der Waals surface area contributed by atoms with Crippen molar-refractivity contribution in [2.45, 2.75) is 0 Å². The number of anilines is 1. The summed E-state index contributed by atoms with van der Waals surface area (Å²) in [6.07, 6.45) is 4.72. The second-order valence-electron chi connectivity index (χ2n) is 5.03. The Morgan fingerprint density at radius 2 is 1.96 bits per heavy atom. The van der Waals surface area contributed by atoms with Gasteiger partial charge in [-0.05, 0) is 30.3 Å². The Bertz CT molecular complexity index is 1000. The number of H-pyrrole nitrogens is 1. The van der Waals surface area contributed by atoms with Crippen LogP contribution in [0.1, 0.15) is 21.6 Å². The summed E-state index contributed by atoms with van der Waals surface area (Å²) in [4.78, 5) is 34.7. The summed E-state index contributed by atoms with van der Waals surface area (Å²) in [5, 5.41) is 12.7. The van der Waals surface area contributed by atoms with E-state index in [0.29, 0.717) is 33.6 Å². The third kappa shape index (κ3) is 1.98. The monoisotopic (exact) mass is 306 g/mol. The largest absolute Gasteiger partial charge is 0.477 e. The fourth-order valence-corrected chi connectivity index (χ4v) is 2.67. The van der Waals surface area contributed by atoms with Crippen molar-refractivity contribution in [3.05, 3.63) is 53.5 Å². The number of rotatable bonds is 2. The fraction of sp³-hybridized carbons (Fsp3) is 0. The normalized spacial score (nSPS) is 15.0. The lowest BCUT2D eigenvalue weighted by molar-refractivity contribution is -0.110. The number of carbonyl (C=O) groups is 2. The highest BCUT2D eigenvalue weighted by atomic mass is 16.4. The minimum atomic E-state index is -1.11. The van der Waals surface area contributed by atoms with Crippen LogP contribution in [-0.4, -0.2) is 31.9 Å². The van der Waals surface area contributed by atoms with E-state index >= 15 is 0 Å². The fourth-order valence-electron chi connectivity index (χ4n) is 2.67. The van der Waals surface area contributed by atoms with Gasteiger partial charge in [-0.3, -0.25) is 4.79 Å². The second-order valence-corrected chi connectivity index (χ2v) is 5.03. The molecule has 0 unspecified atom stereocenters. The van der Waals surface area contributed by atoms with E-state index in [-0.39, 0.29) is 11.6 Å². The van der Waals surface area contributed by atoms with Gasteiger partial charge in [0.05, 0.1) is 5.57 Å². The van der Waals surface area contributed by atoms with Gasteiger partial charge in [0.25, 0.3) is 5.91 Å². The standard InChI is InChI=1S/C16H10N4O3/c21-15-11(9-4-2-6-18-14(9)20-15)7-10-8-3-1-5-17-13(8)19-12(10)16(22)23/h1-7H,(H,17,19)(H,22,23)(H,18,20,21). The van der Waals surface area contributed by atoms with Gasteiger partial charge in [-0.1, -0.05) is 0 Å². The summed E-state index contributed by atoms with van der Waals surface area (Å²) >= 11 is 0. The number of carboxylic acid groups (broad SMARTS) is 1. The third-order valence-corrected chi connectivity index (χ3v) is 3.69. The van der Waals surface area contributed by atoms with Crippen molar-refractivity contribution in [1.29, 1.82) is 0 Å². The number of carboxylic acids is 1. The van der Waals surface area contributed by atoms with E-state index in [4.69, 9.17) is 0 Å². The number of hydrogen-bond donors (Lipinski definition) is 3. The second kappa shape index (κ2) is 4.77. The van der Waals surface area contributed by atoms with Crippen LogP contribution in [0.3, 0.4) is 0 Å². The molecule has 4 rings (SSSR count). The van der Waals surface area contributed by atoms with Crippen molar-refractivity contribution in [2.75, 3.05) is 5.32 Å². The Labute approximate surface area is 129 Å². The highest BCUT2D eigenvalue weighted by molar-refractivity contribution is 6.35. The van der Waals surface area contributed by atoms with Crippen molar-refractivity contribution in [2.24, 2.45) is 0 Å². The number of carbonyl (C=O) groups excluding carboxylic acids is 1. The van der Waals surface area contributed by atoms with Gasteiger partial charge in [0, 0.05) is 28.9 Å². The number of hydrogen-bond acceptors (Lipinski definition) is 4. The predicted octanol–water partition coefficient (Wildman–Crippen LogP) is 2.15. The van der Waals surface area contributed by atoms with Gasteiger partial charge in [0.1, 0.15) is 17.2 Å². The quantitative estimate of drug-likeness (QED) is 0.629. The molecule has 0 atom stereocenters. The van der Waals surface area contributed by atoms with Gasteiger partial charge in [-0.15, -0.1) is 0 Å². The SMILES string of the molecule is O=C1Nc2ncccc2C1=Cc1c(C(=O)O)[nH]c2ncccc12. The number of nitrogens with one attached hydrogen (secondary N) is 2.